The second kappa shape index (κ2) is 6.25. The molecule has 0 spiro atoms. The Labute approximate surface area is 142 Å². The van der Waals surface area contributed by atoms with Crippen molar-refractivity contribution in [3.05, 3.63) is 30.1 Å². The summed E-state index contributed by atoms with van der Waals surface area (Å²) in [4.78, 5) is 19.1. The zero-order chi connectivity index (χ0) is 16.5. The van der Waals surface area contributed by atoms with Gasteiger partial charge in [-0.15, -0.1) is 0 Å². The number of hydrogen-bond donors (Lipinski definition) is 2. The Morgan fingerprint density at radius 1 is 1.25 bits per heavy atom. The summed E-state index contributed by atoms with van der Waals surface area (Å²) in [7, 11) is 0. The number of halogens is 1. The van der Waals surface area contributed by atoms with Gasteiger partial charge >= 0.3 is 0 Å². The van der Waals surface area contributed by atoms with Crippen molar-refractivity contribution in [3.63, 3.8) is 0 Å². The van der Waals surface area contributed by atoms with Gasteiger partial charge in [0.15, 0.2) is 16.8 Å². The number of thiazole rings is 1. The first-order valence-corrected chi connectivity index (χ1v) is 8.49. The maximum absolute atomic E-state index is 14.1. The standard InChI is InChI=1S/C15H16FN7S/c1-9-6-11(20-8-19-9)21-14-13-12(10(16)7-18-14)22-15(24-13)23-4-2-17-3-5-23/h6-8,17H,2-5H2,1H3,(H,18,19,20,21). The van der Waals surface area contributed by atoms with Crippen LogP contribution < -0.4 is 15.5 Å². The van der Waals surface area contributed by atoms with Gasteiger partial charge in [0.05, 0.1) is 6.20 Å². The van der Waals surface area contributed by atoms with Gasteiger partial charge in [0, 0.05) is 37.9 Å². The summed E-state index contributed by atoms with van der Waals surface area (Å²) in [6.45, 7) is 5.42. The molecule has 1 aliphatic rings. The highest BCUT2D eigenvalue weighted by Gasteiger charge is 2.19. The van der Waals surface area contributed by atoms with E-state index in [2.05, 4.69) is 35.5 Å². The van der Waals surface area contributed by atoms with E-state index in [0.717, 1.165) is 37.0 Å². The van der Waals surface area contributed by atoms with Gasteiger partial charge in [-0.25, -0.2) is 24.3 Å². The van der Waals surface area contributed by atoms with Crippen molar-refractivity contribution in [2.45, 2.75) is 6.92 Å². The number of nitrogens with one attached hydrogen (secondary N) is 2. The third-order valence-corrected chi connectivity index (χ3v) is 4.92. The molecule has 24 heavy (non-hydrogen) atoms. The molecule has 9 heteroatoms. The molecule has 0 aliphatic carbocycles. The van der Waals surface area contributed by atoms with Crippen LogP contribution in [0.15, 0.2) is 18.6 Å². The van der Waals surface area contributed by atoms with Crippen LogP contribution >= 0.6 is 11.3 Å². The van der Waals surface area contributed by atoms with Gasteiger partial charge in [-0.1, -0.05) is 11.3 Å². The molecule has 2 N–H and O–H groups in total. The molecule has 0 bridgehead atoms. The highest BCUT2D eigenvalue weighted by atomic mass is 32.1. The number of aryl methyl sites for hydroxylation is 1. The number of nitrogens with zero attached hydrogens (tertiary/aromatic N) is 5. The Kier molecular flexibility index (Phi) is 3.95. The van der Waals surface area contributed by atoms with Crippen molar-refractivity contribution < 1.29 is 4.39 Å². The van der Waals surface area contributed by atoms with E-state index in [0.29, 0.717) is 21.9 Å². The maximum Gasteiger partial charge on any atom is 0.186 e. The molecule has 3 aromatic heterocycles. The van der Waals surface area contributed by atoms with Crippen molar-refractivity contribution in [1.82, 2.24) is 25.3 Å². The molecular weight excluding hydrogens is 329 g/mol. The monoisotopic (exact) mass is 345 g/mol. The molecular formula is C15H16FN7S. The fraction of sp³-hybridized carbons (Fsp3) is 0.333. The fourth-order valence-corrected chi connectivity index (χ4v) is 3.67. The topological polar surface area (TPSA) is 78.9 Å². The van der Waals surface area contributed by atoms with Crippen LogP contribution in [0.2, 0.25) is 0 Å². The molecule has 0 amide bonds. The predicted octanol–water partition coefficient (Wildman–Crippen LogP) is 2.08. The lowest BCUT2D eigenvalue weighted by molar-refractivity contribution is 0.588. The first kappa shape index (κ1) is 15.2. The quantitative estimate of drug-likeness (QED) is 0.752. The molecule has 1 saturated heterocycles. The van der Waals surface area contributed by atoms with Crippen molar-refractivity contribution in [3.8, 4) is 0 Å². The Morgan fingerprint density at radius 3 is 2.88 bits per heavy atom. The van der Waals surface area contributed by atoms with Crippen molar-refractivity contribution in [1.29, 1.82) is 0 Å². The summed E-state index contributed by atoms with van der Waals surface area (Å²) in [5.41, 5.74) is 1.19. The smallest absolute Gasteiger partial charge is 0.186 e. The SMILES string of the molecule is Cc1cc(Nc2ncc(F)c3nc(N4CCNCC4)sc23)ncn1. The Morgan fingerprint density at radius 2 is 2.08 bits per heavy atom. The summed E-state index contributed by atoms with van der Waals surface area (Å²) in [5.74, 6) is 0.774. The van der Waals surface area contributed by atoms with E-state index in [9.17, 15) is 4.39 Å². The third-order valence-electron chi connectivity index (χ3n) is 3.80. The molecule has 4 rings (SSSR count). The molecule has 0 saturated carbocycles. The molecule has 4 heterocycles. The average molecular weight is 345 g/mol. The van der Waals surface area contributed by atoms with Gasteiger partial charge < -0.3 is 15.5 Å². The Hall–Kier alpha value is -2.39. The number of rotatable bonds is 3. The molecule has 0 radical (unpaired) electrons. The first-order chi connectivity index (χ1) is 11.7. The summed E-state index contributed by atoms with van der Waals surface area (Å²) in [5, 5.41) is 7.26. The van der Waals surface area contributed by atoms with Crippen LogP contribution in [0.25, 0.3) is 10.2 Å². The molecule has 0 aromatic carbocycles. The summed E-state index contributed by atoms with van der Waals surface area (Å²) < 4.78 is 14.8. The van der Waals surface area contributed by atoms with Crippen molar-refractivity contribution >= 4 is 38.3 Å². The van der Waals surface area contributed by atoms with Crippen LogP contribution in [-0.4, -0.2) is 46.1 Å². The zero-order valence-electron chi connectivity index (χ0n) is 13.1. The Balaban J connectivity index is 1.73. The molecule has 7 nitrogen and oxygen atoms in total. The number of fused-ring (bicyclic) bond motifs is 1. The molecule has 1 fully saturated rings. The fourth-order valence-electron chi connectivity index (χ4n) is 2.60. The lowest BCUT2D eigenvalue weighted by Crippen LogP contribution is -2.43. The van der Waals surface area contributed by atoms with E-state index < -0.39 is 5.82 Å². The summed E-state index contributed by atoms with van der Waals surface area (Å²) in [6, 6.07) is 1.81. The number of pyridine rings is 1. The van der Waals surface area contributed by atoms with Gasteiger partial charge in [0.1, 0.15) is 22.4 Å². The molecule has 1 aliphatic heterocycles. The van der Waals surface area contributed by atoms with Crippen molar-refractivity contribution in [2.24, 2.45) is 0 Å². The van der Waals surface area contributed by atoms with Crippen LogP contribution in [0.3, 0.4) is 0 Å². The normalized spacial score (nSPS) is 15.0. The minimum absolute atomic E-state index is 0.344. The van der Waals surface area contributed by atoms with Crippen LogP contribution in [0.4, 0.5) is 21.2 Å². The Bertz CT molecular complexity index is 875. The van der Waals surface area contributed by atoms with Crippen LogP contribution in [-0.2, 0) is 0 Å². The zero-order valence-corrected chi connectivity index (χ0v) is 13.9. The van der Waals surface area contributed by atoms with Crippen LogP contribution in [0.5, 0.6) is 0 Å². The summed E-state index contributed by atoms with van der Waals surface area (Å²) >= 11 is 1.45. The van der Waals surface area contributed by atoms with E-state index in [1.165, 1.54) is 23.9 Å². The first-order valence-electron chi connectivity index (χ1n) is 7.67. The number of anilines is 3. The highest BCUT2D eigenvalue weighted by molar-refractivity contribution is 7.22. The van der Waals surface area contributed by atoms with Gasteiger partial charge in [-0.3, -0.25) is 0 Å². The molecule has 124 valence electrons. The number of piperazine rings is 1. The largest absolute Gasteiger partial charge is 0.346 e. The van der Waals surface area contributed by atoms with Crippen LogP contribution in [0, 0.1) is 12.7 Å². The second-order valence-corrected chi connectivity index (χ2v) is 6.51. The lowest BCUT2D eigenvalue weighted by atomic mass is 10.4. The van der Waals surface area contributed by atoms with E-state index in [-0.39, 0.29) is 0 Å². The third kappa shape index (κ3) is 2.87. The maximum atomic E-state index is 14.1. The van der Waals surface area contributed by atoms with E-state index in [1.54, 1.807) is 0 Å². The lowest BCUT2D eigenvalue weighted by Gasteiger charge is -2.26. The minimum Gasteiger partial charge on any atom is -0.346 e. The van der Waals surface area contributed by atoms with E-state index in [4.69, 9.17) is 0 Å². The van der Waals surface area contributed by atoms with Gasteiger partial charge in [0.25, 0.3) is 0 Å². The second-order valence-electron chi connectivity index (χ2n) is 5.54. The predicted molar refractivity (Wildman–Crippen MR) is 92.5 cm³/mol. The van der Waals surface area contributed by atoms with Crippen LogP contribution in [0.1, 0.15) is 5.69 Å². The highest BCUT2D eigenvalue weighted by Crippen LogP contribution is 2.35. The van der Waals surface area contributed by atoms with E-state index in [1.807, 2.05) is 13.0 Å². The molecule has 0 unspecified atom stereocenters. The molecule has 3 aromatic rings. The molecule has 0 atom stereocenters. The average Bonchev–Trinajstić information content (AvgIpc) is 3.05. The van der Waals surface area contributed by atoms with E-state index >= 15 is 0 Å². The van der Waals surface area contributed by atoms with Gasteiger partial charge in [0.2, 0.25) is 0 Å². The van der Waals surface area contributed by atoms with Gasteiger partial charge in [-0.05, 0) is 6.92 Å². The van der Waals surface area contributed by atoms with Crippen molar-refractivity contribution in [2.75, 3.05) is 36.4 Å². The summed E-state index contributed by atoms with van der Waals surface area (Å²) in [6.07, 6.45) is 2.68. The minimum atomic E-state index is -0.410. The number of aromatic nitrogens is 4. The number of hydrogen-bond acceptors (Lipinski definition) is 8. The van der Waals surface area contributed by atoms with Gasteiger partial charge in [-0.2, -0.15) is 0 Å².